The van der Waals surface area contributed by atoms with Crippen LogP contribution in [0.25, 0.3) is 5.52 Å². The summed E-state index contributed by atoms with van der Waals surface area (Å²) in [6, 6.07) is 4.30. The van der Waals surface area contributed by atoms with Gasteiger partial charge in [-0.2, -0.15) is 0 Å². The number of nitrogens with zero attached hydrogens (tertiary/aromatic N) is 3. The van der Waals surface area contributed by atoms with Crippen LogP contribution < -0.4 is 0 Å². The van der Waals surface area contributed by atoms with Gasteiger partial charge < -0.3 is 14.0 Å². The third kappa shape index (κ3) is 2.86. The number of imidazole rings is 1. The van der Waals surface area contributed by atoms with Crippen LogP contribution in [-0.2, 0) is 11.2 Å². The zero-order valence-electron chi connectivity index (χ0n) is 13.5. The number of fused-ring (bicyclic) bond motifs is 1. The minimum atomic E-state index is -0.312. The van der Waals surface area contributed by atoms with Crippen LogP contribution in [-0.4, -0.2) is 46.5 Å². The van der Waals surface area contributed by atoms with Crippen molar-refractivity contribution >= 4 is 11.5 Å². The average molecular weight is 301 g/mol. The van der Waals surface area contributed by atoms with Crippen LogP contribution in [0.3, 0.4) is 0 Å². The Balaban J connectivity index is 1.81. The van der Waals surface area contributed by atoms with Crippen molar-refractivity contribution in [3.8, 4) is 0 Å². The molecular weight excluding hydrogens is 278 g/mol. The lowest BCUT2D eigenvalue weighted by Gasteiger charge is -2.20. The highest BCUT2D eigenvalue weighted by atomic mass is 16.5. The number of aromatic nitrogens is 2. The third-order valence-corrected chi connectivity index (χ3v) is 4.54. The average Bonchev–Trinajstić information content (AvgIpc) is 3.14. The molecular formula is C17H23N3O2. The molecule has 1 fully saturated rings. The SMILES string of the molecule is COC(=O)c1ccc2cnc(CC3CCN(C(C)C)C3)n2c1. The van der Waals surface area contributed by atoms with Crippen LogP contribution in [0.2, 0.25) is 0 Å². The Morgan fingerprint density at radius 2 is 2.27 bits per heavy atom. The summed E-state index contributed by atoms with van der Waals surface area (Å²) in [5.74, 6) is 1.35. The highest BCUT2D eigenvalue weighted by Crippen LogP contribution is 2.22. The van der Waals surface area contributed by atoms with Crippen LogP contribution in [0, 0.1) is 5.92 Å². The van der Waals surface area contributed by atoms with E-state index in [2.05, 4.69) is 23.7 Å². The van der Waals surface area contributed by atoms with Crippen LogP contribution in [0.15, 0.2) is 24.5 Å². The molecule has 1 saturated heterocycles. The largest absolute Gasteiger partial charge is 0.465 e. The molecule has 0 spiro atoms. The van der Waals surface area contributed by atoms with E-state index in [9.17, 15) is 4.79 Å². The number of pyridine rings is 1. The van der Waals surface area contributed by atoms with E-state index in [1.165, 1.54) is 20.1 Å². The molecule has 2 aromatic heterocycles. The van der Waals surface area contributed by atoms with E-state index >= 15 is 0 Å². The molecule has 5 nitrogen and oxygen atoms in total. The van der Waals surface area contributed by atoms with Crippen LogP contribution >= 0.6 is 0 Å². The number of likely N-dealkylation sites (tertiary alicyclic amines) is 1. The molecule has 0 amide bonds. The van der Waals surface area contributed by atoms with Crippen molar-refractivity contribution in [2.45, 2.75) is 32.7 Å². The van der Waals surface area contributed by atoms with Gasteiger partial charge in [0.05, 0.1) is 24.4 Å². The van der Waals surface area contributed by atoms with Crippen molar-refractivity contribution in [3.63, 3.8) is 0 Å². The van der Waals surface area contributed by atoms with E-state index in [0.717, 1.165) is 24.3 Å². The molecule has 0 bridgehead atoms. The Kier molecular flexibility index (Phi) is 4.16. The van der Waals surface area contributed by atoms with Crippen molar-refractivity contribution in [3.05, 3.63) is 35.9 Å². The molecule has 118 valence electrons. The number of hydrogen-bond acceptors (Lipinski definition) is 4. The quantitative estimate of drug-likeness (QED) is 0.814. The molecule has 0 radical (unpaired) electrons. The molecule has 0 N–H and O–H groups in total. The molecule has 1 atom stereocenters. The minimum absolute atomic E-state index is 0.312. The summed E-state index contributed by atoms with van der Waals surface area (Å²) < 4.78 is 6.81. The fraction of sp³-hybridized carbons (Fsp3) is 0.529. The van der Waals surface area contributed by atoms with Gasteiger partial charge in [0.2, 0.25) is 0 Å². The lowest BCUT2D eigenvalue weighted by atomic mass is 10.0. The monoisotopic (exact) mass is 301 g/mol. The van der Waals surface area contributed by atoms with Crippen molar-refractivity contribution in [2.75, 3.05) is 20.2 Å². The summed E-state index contributed by atoms with van der Waals surface area (Å²) in [4.78, 5) is 18.8. The lowest BCUT2D eigenvalue weighted by Crippen LogP contribution is -2.28. The van der Waals surface area contributed by atoms with Gasteiger partial charge in [0.1, 0.15) is 5.82 Å². The normalized spacial score (nSPS) is 19.2. The van der Waals surface area contributed by atoms with Gasteiger partial charge in [-0.1, -0.05) is 0 Å². The topological polar surface area (TPSA) is 46.8 Å². The Morgan fingerprint density at radius 3 is 2.95 bits per heavy atom. The van der Waals surface area contributed by atoms with Crippen molar-refractivity contribution < 1.29 is 9.53 Å². The Bertz CT molecular complexity index is 678. The van der Waals surface area contributed by atoms with Gasteiger partial charge in [-0.15, -0.1) is 0 Å². The van der Waals surface area contributed by atoms with E-state index in [1.54, 1.807) is 6.07 Å². The zero-order chi connectivity index (χ0) is 15.7. The number of rotatable bonds is 4. The van der Waals surface area contributed by atoms with Crippen LogP contribution in [0.1, 0.15) is 36.5 Å². The summed E-state index contributed by atoms with van der Waals surface area (Å²) in [5.41, 5.74) is 1.57. The molecule has 22 heavy (non-hydrogen) atoms. The third-order valence-electron chi connectivity index (χ3n) is 4.54. The number of carbonyl (C=O) groups excluding carboxylic acids is 1. The maximum absolute atomic E-state index is 11.7. The second-order valence-corrected chi connectivity index (χ2v) is 6.33. The van der Waals surface area contributed by atoms with Gasteiger partial charge in [-0.05, 0) is 44.9 Å². The van der Waals surface area contributed by atoms with E-state index in [0.29, 0.717) is 17.5 Å². The molecule has 2 aromatic rings. The van der Waals surface area contributed by atoms with Crippen LogP contribution in [0.5, 0.6) is 0 Å². The number of methoxy groups -OCH3 is 1. The number of ether oxygens (including phenoxy) is 1. The lowest BCUT2D eigenvalue weighted by molar-refractivity contribution is 0.0600. The molecule has 1 aliphatic rings. The Hall–Kier alpha value is -1.88. The first-order chi connectivity index (χ1) is 10.6. The fourth-order valence-corrected chi connectivity index (χ4v) is 3.19. The highest BCUT2D eigenvalue weighted by Gasteiger charge is 2.25. The number of esters is 1. The Labute approximate surface area is 130 Å². The van der Waals surface area contributed by atoms with Crippen molar-refractivity contribution in [1.82, 2.24) is 14.3 Å². The van der Waals surface area contributed by atoms with Crippen LogP contribution in [0.4, 0.5) is 0 Å². The molecule has 5 heteroatoms. The number of hydrogen-bond donors (Lipinski definition) is 0. The Morgan fingerprint density at radius 1 is 1.45 bits per heavy atom. The standard InChI is InChI=1S/C17H23N3O2/c1-12(2)19-7-6-13(10-19)8-16-18-9-15-5-4-14(11-20(15)16)17(21)22-3/h4-5,9,11-13H,6-8,10H2,1-3H3. The highest BCUT2D eigenvalue weighted by molar-refractivity contribution is 5.89. The summed E-state index contributed by atoms with van der Waals surface area (Å²) in [6.07, 6.45) is 5.86. The molecule has 1 unspecified atom stereocenters. The van der Waals surface area contributed by atoms with Crippen molar-refractivity contribution in [1.29, 1.82) is 0 Å². The first-order valence-electron chi connectivity index (χ1n) is 7.87. The second kappa shape index (κ2) is 6.08. The number of carbonyl (C=O) groups is 1. The second-order valence-electron chi connectivity index (χ2n) is 6.33. The molecule has 1 aliphatic heterocycles. The zero-order valence-corrected chi connectivity index (χ0v) is 13.5. The molecule has 3 heterocycles. The van der Waals surface area contributed by atoms with Gasteiger partial charge in [-0.25, -0.2) is 9.78 Å². The maximum atomic E-state index is 11.7. The smallest absolute Gasteiger partial charge is 0.339 e. The molecule has 0 aromatic carbocycles. The van der Waals surface area contributed by atoms with Gasteiger partial charge in [-0.3, -0.25) is 0 Å². The summed E-state index contributed by atoms with van der Waals surface area (Å²) in [7, 11) is 1.40. The predicted octanol–water partition coefficient (Wildman–Crippen LogP) is 2.39. The molecule has 0 saturated carbocycles. The first kappa shape index (κ1) is 15.0. The molecule has 3 rings (SSSR count). The summed E-state index contributed by atoms with van der Waals surface area (Å²) in [5, 5.41) is 0. The summed E-state index contributed by atoms with van der Waals surface area (Å²) >= 11 is 0. The van der Waals surface area contributed by atoms with Gasteiger partial charge in [0.25, 0.3) is 0 Å². The predicted molar refractivity (Wildman–Crippen MR) is 85.1 cm³/mol. The van der Waals surface area contributed by atoms with E-state index in [4.69, 9.17) is 4.74 Å². The first-order valence-corrected chi connectivity index (χ1v) is 7.87. The molecule has 0 aliphatic carbocycles. The van der Waals surface area contributed by atoms with E-state index in [1.807, 2.05) is 22.9 Å². The van der Waals surface area contributed by atoms with Gasteiger partial charge in [0.15, 0.2) is 0 Å². The maximum Gasteiger partial charge on any atom is 0.339 e. The van der Waals surface area contributed by atoms with E-state index in [-0.39, 0.29) is 5.97 Å². The fourth-order valence-electron chi connectivity index (χ4n) is 3.19. The van der Waals surface area contributed by atoms with Crippen molar-refractivity contribution in [2.24, 2.45) is 5.92 Å². The summed E-state index contributed by atoms with van der Waals surface area (Å²) in [6.45, 7) is 6.79. The van der Waals surface area contributed by atoms with Gasteiger partial charge in [0, 0.05) is 25.2 Å². The van der Waals surface area contributed by atoms with E-state index < -0.39 is 0 Å². The minimum Gasteiger partial charge on any atom is -0.465 e. The van der Waals surface area contributed by atoms with Gasteiger partial charge >= 0.3 is 5.97 Å².